The first-order chi connectivity index (χ1) is 30.7. The molecule has 0 unspecified atom stereocenters. The van der Waals surface area contributed by atoms with Crippen molar-refractivity contribution < 1.29 is 0 Å². The molecule has 5 nitrogen and oxygen atoms in total. The highest BCUT2D eigenvalue weighted by Gasteiger charge is 2.17. The summed E-state index contributed by atoms with van der Waals surface area (Å²) in [5, 5.41) is 2.47. The maximum Gasteiger partial charge on any atom is 0.164 e. The van der Waals surface area contributed by atoms with Crippen LogP contribution in [0.5, 0.6) is 0 Å². The van der Waals surface area contributed by atoms with E-state index in [1.165, 1.54) is 38.5 Å². The number of benzene rings is 9. The van der Waals surface area contributed by atoms with Gasteiger partial charge >= 0.3 is 0 Å². The number of para-hydroxylation sites is 2. The van der Waals surface area contributed by atoms with E-state index >= 15 is 0 Å². The van der Waals surface area contributed by atoms with Crippen molar-refractivity contribution >= 4 is 38.9 Å². The van der Waals surface area contributed by atoms with E-state index in [0.29, 0.717) is 17.5 Å². The van der Waals surface area contributed by atoms with E-state index in [4.69, 9.17) is 15.0 Å². The summed E-state index contributed by atoms with van der Waals surface area (Å²) in [5.74, 6) is 1.90. The fourth-order valence-corrected chi connectivity index (χ4v) is 8.39. The Morgan fingerprint density at radius 1 is 0.274 bits per heavy atom. The van der Waals surface area contributed by atoms with Gasteiger partial charge in [-0.1, -0.05) is 158 Å². The molecule has 292 valence electrons. The molecule has 2 heterocycles. The van der Waals surface area contributed by atoms with E-state index < -0.39 is 0 Å². The van der Waals surface area contributed by atoms with Gasteiger partial charge < -0.3 is 9.47 Å². The van der Waals surface area contributed by atoms with Crippen LogP contribution in [0.25, 0.3) is 83.9 Å². The summed E-state index contributed by atoms with van der Waals surface area (Å²) in [5.41, 5.74) is 14.1. The zero-order chi connectivity index (χ0) is 41.2. The Hall–Kier alpha value is -8.41. The Bertz CT molecular complexity index is 3230. The summed E-state index contributed by atoms with van der Waals surface area (Å²) in [4.78, 5) is 17.2. The van der Waals surface area contributed by atoms with Crippen LogP contribution >= 0.6 is 0 Å². The van der Waals surface area contributed by atoms with E-state index in [0.717, 1.165) is 45.0 Å². The van der Waals surface area contributed by atoms with Crippen LogP contribution in [0.3, 0.4) is 0 Å². The number of fused-ring (bicyclic) bond motifs is 3. The number of aromatic nitrogens is 4. The number of hydrogen-bond acceptors (Lipinski definition) is 4. The molecule has 0 aliphatic rings. The fourth-order valence-electron chi connectivity index (χ4n) is 8.39. The van der Waals surface area contributed by atoms with Crippen LogP contribution in [0, 0.1) is 0 Å². The second-order valence-electron chi connectivity index (χ2n) is 15.3. The summed E-state index contributed by atoms with van der Waals surface area (Å²) in [6.45, 7) is 0. The largest absolute Gasteiger partial charge is 0.311 e. The number of hydrogen-bond donors (Lipinski definition) is 0. The average molecular weight is 794 g/mol. The highest BCUT2D eigenvalue weighted by atomic mass is 15.1. The first kappa shape index (κ1) is 36.7. The highest BCUT2D eigenvalue weighted by Crippen LogP contribution is 2.39. The Kier molecular flexibility index (Phi) is 9.45. The minimum Gasteiger partial charge on any atom is -0.311 e. The summed E-state index contributed by atoms with van der Waals surface area (Å²) in [7, 11) is 0. The van der Waals surface area contributed by atoms with Crippen LogP contribution in [0.2, 0.25) is 0 Å². The van der Waals surface area contributed by atoms with Crippen molar-refractivity contribution in [1.82, 2.24) is 19.5 Å². The summed E-state index contributed by atoms with van der Waals surface area (Å²) in [6, 6.07) is 83.0. The van der Waals surface area contributed by atoms with Gasteiger partial charge in [0.25, 0.3) is 0 Å². The first-order valence-corrected chi connectivity index (χ1v) is 20.9. The zero-order valence-corrected chi connectivity index (χ0v) is 33.8. The van der Waals surface area contributed by atoms with E-state index in [1.54, 1.807) is 0 Å². The van der Waals surface area contributed by atoms with Gasteiger partial charge in [-0.3, -0.25) is 0 Å². The molecule has 0 aliphatic carbocycles. The maximum absolute atomic E-state index is 4.98. The number of rotatable bonds is 9. The molecule has 0 spiro atoms. The Labute approximate surface area is 360 Å². The molecule has 5 heteroatoms. The maximum atomic E-state index is 4.98. The molecule has 0 bridgehead atoms. The molecule has 62 heavy (non-hydrogen) atoms. The van der Waals surface area contributed by atoms with E-state index in [1.807, 2.05) is 60.7 Å². The molecule has 11 rings (SSSR count). The third-order valence-corrected chi connectivity index (χ3v) is 11.5. The minimum absolute atomic E-state index is 0.622. The lowest BCUT2D eigenvalue weighted by Crippen LogP contribution is -2.10. The fraction of sp³-hybridized carbons (Fsp3) is 0. The number of anilines is 3. The number of nitrogens with zero attached hydrogens (tertiary/aromatic N) is 5. The lowest BCUT2D eigenvalue weighted by atomic mass is 10.0. The van der Waals surface area contributed by atoms with E-state index in [2.05, 4.69) is 185 Å². The Balaban J connectivity index is 0.975. The van der Waals surface area contributed by atoms with Crippen molar-refractivity contribution in [1.29, 1.82) is 0 Å². The molecule has 2 aromatic heterocycles. The third-order valence-electron chi connectivity index (χ3n) is 11.5. The van der Waals surface area contributed by atoms with Crippen molar-refractivity contribution in [2.24, 2.45) is 0 Å². The summed E-state index contributed by atoms with van der Waals surface area (Å²) in [6.07, 6.45) is 0. The Morgan fingerprint density at radius 2 is 0.629 bits per heavy atom. The van der Waals surface area contributed by atoms with Crippen LogP contribution in [0.4, 0.5) is 17.1 Å². The molecule has 0 amide bonds. The van der Waals surface area contributed by atoms with Gasteiger partial charge in [0.2, 0.25) is 0 Å². The van der Waals surface area contributed by atoms with E-state index in [-0.39, 0.29) is 0 Å². The summed E-state index contributed by atoms with van der Waals surface area (Å²) >= 11 is 0. The topological polar surface area (TPSA) is 46.8 Å². The van der Waals surface area contributed by atoms with Gasteiger partial charge in [0, 0.05) is 50.2 Å². The Morgan fingerprint density at radius 3 is 1.15 bits per heavy atom. The average Bonchev–Trinajstić information content (AvgIpc) is 3.69. The quantitative estimate of drug-likeness (QED) is 0.146. The van der Waals surface area contributed by atoms with Crippen LogP contribution in [0.1, 0.15) is 0 Å². The van der Waals surface area contributed by atoms with Gasteiger partial charge in [-0.05, 0) is 101 Å². The molecule has 0 aliphatic heterocycles. The van der Waals surface area contributed by atoms with Crippen molar-refractivity contribution in [3.63, 3.8) is 0 Å². The van der Waals surface area contributed by atoms with Gasteiger partial charge in [-0.2, -0.15) is 0 Å². The molecule has 0 radical (unpaired) electrons. The van der Waals surface area contributed by atoms with Crippen LogP contribution in [0.15, 0.2) is 237 Å². The van der Waals surface area contributed by atoms with E-state index in [9.17, 15) is 0 Å². The van der Waals surface area contributed by atoms with Crippen molar-refractivity contribution in [2.75, 3.05) is 4.90 Å². The molecular weight excluding hydrogens is 755 g/mol. The van der Waals surface area contributed by atoms with Gasteiger partial charge in [0.05, 0.1) is 11.0 Å². The van der Waals surface area contributed by atoms with Crippen LogP contribution < -0.4 is 4.90 Å². The smallest absolute Gasteiger partial charge is 0.164 e. The minimum atomic E-state index is 0.622. The molecule has 0 saturated carbocycles. The molecule has 0 N–H and O–H groups in total. The monoisotopic (exact) mass is 793 g/mol. The lowest BCUT2D eigenvalue weighted by Gasteiger charge is -2.26. The predicted octanol–water partition coefficient (Wildman–Crippen LogP) is 14.8. The first-order valence-electron chi connectivity index (χ1n) is 20.9. The lowest BCUT2D eigenvalue weighted by molar-refractivity contribution is 1.07. The molecular formula is C57H39N5. The zero-order valence-electron chi connectivity index (χ0n) is 33.8. The molecule has 9 aromatic carbocycles. The van der Waals surface area contributed by atoms with Gasteiger partial charge in [0.15, 0.2) is 17.5 Å². The highest BCUT2D eigenvalue weighted by molar-refractivity contribution is 6.10. The van der Waals surface area contributed by atoms with Crippen LogP contribution in [-0.2, 0) is 0 Å². The molecule has 11 aromatic rings. The summed E-state index contributed by atoms with van der Waals surface area (Å²) < 4.78 is 2.36. The van der Waals surface area contributed by atoms with Gasteiger partial charge in [0.1, 0.15) is 0 Å². The van der Waals surface area contributed by atoms with Gasteiger partial charge in [-0.25, -0.2) is 15.0 Å². The van der Waals surface area contributed by atoms with Crippen LogP contribution in [-0.4, -0.2) is 19.5 Å². The van der Waals surface area contributed by atoms with Crippen molar-refractivity contribution in [3.8, 4) is 62.1 Å². The van der Waals surface area contributed by atoms with Gasteiger partial charge in [-0.15, -0.1) is 0 Å². The molecule has 0 fully saturated rings. The predicted molar refractivity (Wildman–Crippen MR) is 256 cm³/mol. The molecule has 0 atom stereocenters. The second kappa shape index (κ2) is 16.0. The SMILES string of the molecule is c1ccc(-c2ccc(N(c3ccc(-c4ccc5c(c4)c4ccccc4n5-c4ccccc4)cc3)c3ccc(-c4nc(-c5ccccc5)nc(-c5ccccc5)n4)cc3)cc2)cc1. The van der Waals surface area contributed by atoms with Crippen molar-refractivity contribution in [3.05, 3.63) is 237 Å². The normalized spacial score (nSPS) is 11.2. The van der Waals surface area contributed by atoms with Crippen molar-refractivity contribution in [2.45, 2.75) is 0 Å². The third kappa shape index (κ3) is 6.97. The second-order valence-corrected chi connectivity index (χ2v) is 15.3. The standard InChI is InChI=1S/C57H39N5/c1-5-15-40(16-6-1)41-25-32-48(33-26-41)61(50-36-29-45(30-37-50)57-59-55(43-17-7-2-8-18-43)58-56(60-57)44-19-9-3-10-20-44)49-34-27-42(28-35-49)46-31-38-54-52(39-46)51-23-13-14-24-53(51)62(54)47-21-11-4-12-22-47/h1-39H. The molecule has 0 saturated heterocycles.